The van der Waals surface area contributed by atoms with Crippen molar-refractivity contribution in [3.05, 3.63) is 0 Å². The molecule has 6 nitrogen and oxygen atoms in total. The van der Waals surface area contributed by atoms with Crippen LogP contribution < -0.4 is 10.6 Å². The predicted molar refractivity (Wildman–Crippen MR) is 73.4 cm³/mol. The standard InChI is InChI=1S/C14H24N2O4/c17-13(18)9-20-8-7-15-14(19)12-6-5-10-3-1-2-4-11(10)16-12/h10-12,16H,1-9H2,(H,15,19)(H,17,18). The van der Waals surface area contributed by atoms with E-state index in [0.29, 0.717) is 12.6 Å². The number of hydrogen-bond acceptors (Lipinski definition) is 4. The zero-order valence-electron chi connectivity index (χ0n) is 11.8. The van der Waals surface area contributed by atoms with E-state index in [1.165, 1.54) is 25.7 Å². The molecule has 2 rings (SSSR count). The van der Waals surface area contributed by atoms with Gasteiger partial charge in [-0.15, -0.1) is 0 Å². The molecule has 20 heavy (non-hydrogen) atoms. The van der Waals surface area contributed by atoms with Gasteiger partial charge in [0.1, 0.15) is 6.61 Å². The maximum Gasteiger partial charge on any atom is 0.329 e. The van der Waals surface area contributed by atoms with Crippen LogP contribution in [0, 0.1) is 5.92 Å². The zero-order valence-corrected chi connectivity index (χ0v) is 11.8. The number of amides is 1. The van der Waals surface area contributed by atoms with Crippen molar-refractivity contribution in [3.63, 3.8) is 0 Å². The minimum absolute atomic E-state index is 0.00736. The molecule has 1 heterocycles. The maximum atomic E-state index is 12.0. The lowest BCUT2D eigenvalue weighted by Crippen LogP contribution is -2.55. The van der Waals surface area contributed by atoms with Crippen molar-refractivity contribution in [1.29, 1.82) is 0 Å². The third-order valence-corrected chi connectivity index (χ3v) is 4.24. The van der Waals surface area contributed by atoms with Crippen molar-refractivity contribution in [2.75, 3.05) is 19.8 Å². The van der Waals surface area contributed by atoms with E-state index >= 15 is 0 Å². The summed E-state index contributed by atoms with van der Waals surface area (Å²) >= 11 is 0. The molecule has 1 aliphatic carbocycles. The van der Waals surface area contributed by atoms with E-state index < -0.39 is 5.97 Å². The predicted octanol–water partition coefficient (Wildman–Crippen LogP) is 0.515. The van der Waals surface area contributed by atoms with Crippen LogP contribution >= 0.6 is 0 Å². The van der Waals surface area contributed by atoms with Crippen LogP contribution in [-0.4, -0.2) is 48.8 Å². The first-order valence-corrected chi connectivity index (χ1v) is 7.50. The molecule has 2 fully saturated rings. The van der Waals surface area contributed by atoms with Gasteiger partial charge in [0, 0.05) is 12.6 Å². The molecule has 2 aliphatic rings. The molecule has 0 bridgehead atoms. The first kappa shape index (κ1) is 15.3. The molecule has 0 spiro atoms. The molecule has 0 aromatic carbocycles. The molecule has 3 N–H and O–H groups in total. The number of aliphatic carboxylic acids is 1. The Hall–Kier alpha value is -1.14. The summed E-state index contributed by atoms with van der Waals surface area (Å²) in [6.45, 7) is 0.274. The number of carbonyl (C=O) groups is 2. The van der Waals surface area contributed by atoms with E-state index in [9.17, 15) is 9.59 Å². The molecule has 1 saturated carbocycles. The van der Waals surface area contributed by atoms with Gasteiger partial charge in [0.15, 0.2) is 0 Å². The highest BCUT2D eigenvalue weighted by Crippen LogP contribution is 2.32. The first-order chi connectivity index (χ1) is 9.66. The van der Waals surface area contributed by atoms with Crippen LogP contribution in [0.4, 0.5) is 0 Å². The van der Waals surface area contributed by atoms with Crippen molar-refractivity contribution in [2.45, 2.75) is 50.6 Å². The lowest BCUT2D eigenvalue weighted by atomic mass is 9.77. The monoisotopic (exact) mass is 284 g/mol. The lowest BCUT2D eigenvalue weighted by molar-refractivity contribution is -0.142. The fraction of sp³-hybridized carbons (Fsp3) is 0.857. The van der Waals surface area contributed by atoms with E-state index in [1.54, 1.807) is 0 Å². The van der Waals surface area contributed by atoms with E-state index in [-0.39, 0.29) is 25.2 Å². The summed E-state index contributed by atoms with van der Waals surface area (Å²) in [5, 5.41) is 14.7. The number of rotatable bonds is 6. The number of fused-ring (bicyclic) bond motifs is 1. The van der Waals surface area contributed by atoms with Gasteiger partial charge in [0.25, 0.3) is 0 Å². The van der Waals surface area contributed by atoms with Gasteiger partial charge >= 0.3 is 5.97 Å². The Bertz CT molecular complexity index is 348. The van der Waals surface area contributed by atoms with E-state index in [0.717, 1.165) is 18.8 Å². The average Bonchev–Trinajstić information content (AvgIpc) is 2.46. The molecule has 1 amide bonds. The maximum absolute atomic E-state index is 12.0. The Morgan fingerprint density at radius 3 is 2.80 bits per heavy atom. The Labute approximate surface area is 119 Å². The molecular weight excluding hydrogens is 260 g/mol. The third-order valence-electron chi connectivity index (χ3n) is 4.24. The molecule has 3 atom stereocenters. The Morgan fingerprint density at radius 1 is 1.20 bits per heavy atom. The summed E-state index contributed by atoms with van der Waals surface area (Å²) in [7, 11) is 0. The summed E-state index contributed by atoms with van der Waals surface area (Å²) < 4.78 is 4.88. The van der Waals surface area contributed by atoms with Gasteiger partial charge in [-0.1, -0.05) is 12.8 Å². The van der Waals surface area contributed by atoms with Gasteiger partial charge in [0.2, 0.25) is 5.91 Å². The summed E-state index contributed by atoms with van der Waals surface area (Å²) in [6, 6.07) is 0.394. The number of nitrogens with one attached hydrogen (secondary N) is 2. The minimum Gasteiger partial charge on any atom is -0.480 e. The van der Waals surface area contributed by atoms with Gasteiger partial charge in [-0.25, -0.2) is 4.79 Å². The van der Waals surface area contributed by atoms with E-state index in [1.807, 2.05) is 0 Å². The van der Waals surface area contributed by atoms with Crippen LogP contribution in [0.5, 0.6) is 0 Å². The minimum atomic E-state index is -0.992. The second-order valence-corrected chi connectivity index (χ2v) is 5.68. The van der Waals surface area contributed by atoms with Crippen LogP contribution in [0.25, 0.3) is 0 Å². The van der Waals surface area contributed by atoms with Crippen LogP contribution in [-0.2, 0) is 14.3 Å². The molecule has 114 valence electrons. The number of carbonyl (C=O) groups excluding carboxylic acids is 1. The van der Waals surface area contributed by atoms with Crippen molar-refractivity contribution in [3.8, 4) is 0 Å². The normalized spacial score (nSPS) is 29.5. The van der Waals surface area contributed by atoms with Crippen LogP contribution in [0.2, 0.25) is 0 Å². The van der Waals surface area contributed by atoms with Gasteiger partial charge in [-0.3, -0.25) is 4.79 Å². The van der Waals surface area contributed by atoms with Gasteiger partial charge < -0.3 is 20.5 Å². The SMILES string of the molecule is O=C(O)COCCNC(=O)C1CCC2CCCCC2N1. The molecule has 1 saturated heterocycles. The number of piperidine rings is 1. The molecule has 6 heteroatoms. The lowest BCUT2D eigenvalue weighted by Gasteiger charge is -2.39. The second kappa shape index (κ2) is 7.59. The van der Waals surface area contributed by atoms with Gasteiger partial charge in [-0.05, 0) is 31.6 Å². The molecule has 0 radical (unpaired) electrons. The van der Waals surface area contributed by atoms with Gasteiger partial charge in [0.05, 0.1) is 12.6 Å². The summed E-state index contributed by atoms with van der Waals surface area (Å²) in [5.41, 5.74) is 0. The van der Waals surface area contributed by atoms with Gasteiger partial charge in [-0.2, -0.15) is 0 Å². The van der Waals surface area contributed by atoms with Crippen molar-refractivity contribution >= 4 is 11.9 Å². The van der Waals surface area contributed by atoms with Crippen LogP contribution in [0.3, 0.4) is 0 Å². The summed E-state index contributed by atoms with van der Waals surface area (Å²) in [4.78, 5) is 22.3. The quantitative estimate of drug-likeness (QED) is 0.619. The fourth-order valence-corrected chi connectivity index (χ4v) is 3.23. The Balaban J connectivity index is 1.64. The summed E-state index contributed by atoms with van der Waals surface area (Å²) in [6.07, 6.45) is 7.06. The topological polar surface area (TPSA) is 87.7 Å². The van der Waals surface area contributed by atoms with E-state index in [2.05, 4.69) is 10.6 Å². The van der Waals surface area contributed by atoms with E-state index in [4.69, 9.17) is 9.84 Å². The molecule has 3 unspecified atom stereocenters. The Morgan fingerprint density at radius 2 is 2.00 bits per heavy atom. The highest BCUT2D eigenvalue weighted by Gasteiger charge is 2.34. The summed E-state index contributed by atoms with van der Waals surface area (Å²) in [5.74, 6) is -0.242. The fourth-order valence-electron chi connectivity index (χ4n) is 3.23. The van der Waals surface area contributed by atoms with Crippen LogP contribution in [0.1, 0.15) is 38.5 Å². The number of carboxylic acids is 1. The zero-order chi connectivity index (χ0) is 14.4. The molecule has 0 aromatic rings. The first-order valence-electron chi connectivity index (χ1n) is 7.50. The second-order valence-electron chi connectivity index (χ2n) is 5.68. The highest BCUT2D eigenvalue weighted by atomic mass is 16.5. The van der Waals surface area contributed by atoms with Crippen LogP contribution in [0.15, 0.2) is 0 Å². The molecule has 0 aromatic heterocycles. The smallest absolute Gasteiger partial charge is 0.329 e. The third kappa shape index (κ3) is 4.45. The largest absolute Gasteiger partial charge is 0.480 e. The van der Waals surface area contributed by atoms with Crippen molar-refractivity contribution in [1.82, 2.24) is 10.6 Å². The molecular formula is C14H24N2O4. The average molecular weight is 284 g/mol. The molecule has 1 aliphatic heterocycles. The Kier molecular flexibility index (Phi) is 5.79. The van der Waals surface area contributed by atoms with Crippen molar-refractivity contribution < 1.29 is 19.4 Å². The number of carboxylic acid groups (broad SMARTS) is 1. The van der Waals surface area contributed by atoms with Crippen molar-refractivity contribution in [2.24, 2.45) is 5.92 Å². The number of ether oxygens (including phenoxy) is 1. The highest BCUT2D eigenvalue weighted by molar-refractivity contribution is 5.81. The number of hydrogen-bond donors (Lipinski definition) is 3.